The number of nitrogens with zero attached hydrogens (tertiary/aromatic N) is 5. The Morgan fingerprint density at radius 3 is 2.43 bits per heavy atom. The molecule has 12 heteroatoms. The van der Waals surface area contributed by atoms with Crippen LogP contribution in [0, 0.1) is 11.6 Å². The first-order valence-electron chi connectivity index (χ1n) is 12.6. The first kappa shape index (κ1) is 28.5. The largest absolute Gasteiger partial charge is 0.464 e. The molecule has 5 aromatic rings. The van der Waals surface area contributed by atoms with Crippen LogP contribution in [0.15, 0.2) is 84.5 Å². The summed E-state index contributed by atoms with van der Waals surface area (Å²) in [6.45, 7) is 0.778. The minimum Gasteiger partial charge on any atom is -0.464 e. The second kappa shape index (κ2) is 12.2. The highest BCUT2D eigenvalue weighted by Crippen LogP contribution is 2.36. The Morgan fingerprint density at radius 1 is 0.952 bits per heavy atom. The van der Waals surface area contributed by atoms with E-state index in [4.69, 9.17) is 0 Å². The number of carbonyl (C=O) groups excluding carboxylic acids is 1. The maximum Gasteiger partial charge on any atom is 0.419 e. The summed E-state index contributed by atoms with van der Waals surface area (Å²) < 4.78 is 28.6. The quantitative estimate of drug-likeness (QED) is 0.207. The summed E-state index contributed by atoms with van der Waals surface area (Å²) in [4.78, 5) is 41.6. The Morgan fingerprint density at radius 2 is 1.69 bits per heavy atom. The number of anilines is 3. The van der Waals surface area contributed by atoms with Crippen LogP contribution < -0.4 is 10.2 Å². The fourth-order valence-corrected chi connectivity index (χ4v) is 5.12. The average molecular weight is 587 g/mol. The van der Waals surface area contributed by atoms with Gasteiger partial charge in [0.1, 0.15) is 17.2 Å². The number of aromatic nitrogens is 3. The van der Waals surface area contributed by atoms with E-state index in [1.54, 1.807) is 23.8 Å². The lowest BCUT2D eigenvalue weighted by molar-refractivity contribution is 0.0975. The zero-order valence-corrected chi connectivity index (χ0v) is 23.3. The number of carbonyl (C=O) groups is 2. The van der Waals surface area contributed by atoms with Gasteiger partial charge in [0.2, 0.25) is 5.95 Å². The lowest BCUT2D eigenvalue weighted by Gasteiger charge is -2.19. The van der Waals surface area contributed by atoms with E-state index in [2.05, 4.69) is 25.2 Å². The Bertz CT molecular complexity index is 1760. The molecule has 2 N–H and O–H groups in total. The van der Waals surface area contributed by atoms with E-state index in [1.165, 1.54) is 29.5 Å². The van der Waals surface area contributed by atoms with E-state index in [0.717, 1.165) is 36.0 Å². The fraction of sp³-hybridized carbons (Fsp3) is 0.100. The number of imide groups is 1. The van der Waals surface area contributed by atoms with Crippen molar-refractivity contribution in [2.24, 2.45) is 0 Å². The Hall–Kier alpha value is -5.07. The van der Waals surface area contributed by atoms with Crippen LogP contribution in [0.3, 0.4) is 0 Å². The molecule has 9 nitrogen and oxygen atoms in total. The minimum absolute atomic E-state index is 0.103. The van der Waals surface area contributed by atoms with Gasteiger partial charge in [-0.15, -0.1) is 11.3 Å². The molecule has 0 saturated heterocycles. The van der Waals surface area contributed by atoms with Crippen molar-refractivity contribution in [3.8, 4) is 21.8 Å². The van der Waals surface area contributed by atoms with Gasteiger partial charge in [-0.1, -0.05) is 30.3 Å². The van der Waals surface area contributed by atoms with Crippen molar-refractivity contribution in [3.05, 3.63) is 107 Å². The van der Waals surface area contributed by atoms with Crippen molar-refractivity contribution in [2.45, 2.75) is 6.54 Å². The number of benzene rings is 3. The maximum atomic E-state index is 14.3. The summed E-state index contributed by atoms with van der Waals surface area (Å²) in [5, 5.41) is 13.1. The van der Waals surface area contributed by atoms with Crippen molar-refractivity contribution < 1.29 is 23.5 Å². The van der Waals surface area contributed by atoms with Gasteiger partial charge in [-0.25, -0.2) is 33.4 Å². The lowest BCUT2D eigenvalue weighted by atomic mass is 10.1. The van der Waals surface area contributed by atoms with Crippen LogP contribution in [0.5, 0.6) is 0 Å². The van der Waals surface area contributed by atoms with E-state index < -0.39 is 29.2 Å². The maximum absolute atomic E-state index is 14.3. The molecule has 0 saturated carbocycles. The number of hydrogen-bond donors (Lipinski definition) is 2. The van der Waals surface area contributed by atoms with Crippen LogP contribution in [0.1, 0.15) is 15.9 Å². The minimum atomic E-state index is -1.69. The van der Waals surface area contributed by atoms with Gasteiger partial charge in [0.05, 0.1) is 27.5 Å². The molecular formula is C30H24F2N6O3S. The Labute approximate surface area is 243 Å². The number of amides is 2. The molecule has 0 aliphatic rings. The third-order valence-electron chi connectivity index (χ3n) is 6.09. The van der Waals surface area contributed by atoms with E-state index in [-0.39, 0.29) is 5.69 Å². The molecule has 3 aromatic carbocycles. The molecule has 0 unspecified atom stereocenters. The normalized spacial score (nSPS) is 11.0. The number of hydrogen-bond acceptors (Lipinski definition) is 8. The number of rotatable bonds is 8. The van der Waals surface area contributed by atoms with Crippen LogP contribution in [0.2, 0.25) is 0 Å². The van der Waals surface area contributed by atoms with Gasteiger partial charge in [0, 0.05) is 24.0 Å². The van der Waals surface area contributed by atoms with Crippen molar-refractivity contribution in [1.82, 2.24) is 19.9 Å². The van der Waals surface area contributed by atoms with Crippen molar-refractivity contribution in [1.29, 1.82) is 0 Å². The highest BCUT2D eigenvalue weighted by molar-refractivity contribution is 7.13. The molecule has 0 atom stereocenters. The fourth-order valence-electron chi connectivity index (χ4n) is 4.34. The smallest absolute Gasteiger partial charge is 0.419 e. The molecule has 0 spiro atoms. The topological polar surface area (TPSA) is 112 Å². The van der Waals surface area contributed by atoms with Crippen LogP contribution in [-0.2, 0) is 6.54 Å². The summed E-state index contributed by atoms with van der Waals surface area (Å²) in [5.41, 5.74) is 4.02. The molecule has 2 aromatic heterocycles. The van der Waals surface area contributed by atoms with Crippen molar-refractivity contribution in [3.63, 3.8) is 0 Å². The van der Waals surface area contributed by atoms with E-state index in [0.29, 0.717) is 32.7 Å². The predicted molar refractivity (Wildman–Crippen MR) is 157 cm³/mol. The second-order valence-electron chi connectivity index (χ2n) is 9.43. The zero-order chi connectivity index (χ0) is 29.8. The molecular weight excluding hydrogens is 562 g/mol. The second-order valence-corrected chi connectivity index (χ2v) is 10.3. The molecule has 0 aliphatic carbocycles. The Balaban J connectivity index is 1.46. The lowest BCUT2D eigenvalue weighted by Crippen LogP contribution is -2.37. The highest BCUT2D eigenvalue weighted by atomic mass is 32.1. The van der Waals surface area contributed by atoms with Gasteiger partial charge in [0.15, 0.2) is 0 Å². The Kier molecular flexibility index (Phi) is 8.27. The number of thiazole rings is 1. The van der Waals surface area contributed by atoms with Crippen molar-refractivity contribution in [2.75, 3.05) is 24.3 Å². The van der Waals surface area contributed by atoms with Gasteiger partial charge in [-0.3, -0.25) is 4.79 Å². The molecule has 0 fully saturated rings. The molecule has 0 bridgehead atoms. The van der Waals surface area contributed by atoms with Gasteiger partial charge in [0.25, 0.3) is 5.91 Å². The molecule has 42 heavy (non-hydrogen) atoms. The van der Waals surface area contributed by atoms with E-state index in [9.17, 15) is 23.5 Å². The molecule has 2 amide bonds. The predicted octanol–water partition coefficient (Wildman–Crippen LogP) is 6.68. The van der Waals surface area contributed by atoms with Crippen LogP contribution in [0.4, 0.5) is 30.9 Å². The first-order chi connectivity index (χ1) is 20.2. The van der Waals surface area contributed by atoms with Crippen LogP contribution >= 0.6 is 11.3 Å². The average Bonchev–Trinajstić information content (AvgIpc) is 3.43. The zero-order valence-electron chi connectivity index (χ0n) is 22.5. The molecule has 0 radical (unpaired) electrons. The summed E-state index contributed by atoms with van der Waals surface area (Å²) >= 11 is 1.32. The third kappa shape index (κ3) is 6.14. The molecule has 5 rings (SSSR count). The number of carboxylic acid groups (broad SMARTS) is 1. The van der Waals surface area contributed by atoms with Crippen molar-refractivity contribution >= 4 is 40.7 Å². The van der Waals surface area contributed by atoms with E-state index in [1.807, 2.05) is 38.4 Å². The first-order valence-corrected chi connectivity index (χ1v) is 13.5. The molecule has 0 aliphatic heterocycles. The summed E-state index contributed by atoms with van der Waals surface area (Å²) in [7, 11) is 3.99. The SMILES string of the molecule is CN(C)Cc1cccc(Nc2nccc(-c3scnc3-c3cccc(N(C(=O)O)C(=O)c4c(F)cccc4F)c3)n2)c1. The monoisotopic (exact) mass is 586 g/mol. The van der Waals surface area contributed by atoms with E-state index >= 15 is 0 Å². The van der Waals surface area contributed by atoms with Crippen LogP contribution in [0.25, 0.3) is 21.8 Å². The highest BCUT2D eigenvalue weighted by Gasteiger charge is 2.29. The summed E-state index contributed by atoms with van der Waals surface area (Å²) in [6.07, 6.45) is -0.0818. The van der Waals surface area contributed by atoms with Gasteiger partial charge >= 0.3 is 6.09 Å². The van der Waals surface area contributed by atoms with Gasteiger partial charge < -0.3 is 15.3 Å². The van der Waals surface area contributed by atoms with Crippen LogP contribution in [-0.4, -0.2) is 51.1 Å². The summed E-state index contributed by atoms with van der Waals surface area (Å²) in [6, 6.07) is 18.5. The van der Waals surface area contributed by atoms with Gasteiger partial charge in [-0.2, -0.15) is 0 Å². The third-order valence-corrected chi connectivity index (χ3v) is 6.94. The van der Waals surface area contributed by atoms with Gasteiger partial charge in [-0.05, 0) is 62.1 Å². The standard InChI is InChI=1S/C30H24F2N6O3S/c1-37(2)16-18-6-3-8-20(14-18)35-29-33-13-12-24(36-29)27-26(34-17-42-27)19-7-4-9-21(15-19)38(30(40)41)28(39)25-22(31)10-5-11-23(25)32/h3-15,17H,16H2,1-2H3,(H,40,41)(H,33,35,36). The molecule has 212 valence electrons. The number of nitrogens with one attached hydrogen (secondary N) is 1. The number of halogens is 2. The summed E-state index contributed by atoms with van der Waals surface area (Å²) in [5.74, 6) is -3.31. The molecule has 2 heterocycles.